The Labute approximate surface area is 86.9 Å². The molecule has 0 fully saturated rings. The molecule has 0 aliphatic carbocycles. The minimum Gasteiger partial charge on any atom is -0.478 e. The van der Waals surface area contributed by atoms with Crippen LogP contribution in [0, 0.1) is 4.91 Å². The van der Waals surface area contributed by atoms with E-state index in [1.807, 2.05) is 20.8 Å². The summed E-state index contributed by atoms with van der Waals surface area (Å²) in [7, 11) is 0. The van der Waals surface area contributed by atoms with Crippen molar-refractivity contribution in [3.63, 3.8) is 0 Å². The molecule has 1 N–H and O–H groups in total. The van der Waals surface area contributed by atoms with Crippen molar-refractivity contribution >= 4 is 5.97 Å². The number of aromatic nitrogens is 2. The lowest BCUT2D eigenvalue weighted by Gasteiger charge is -2.21. The van der Waals surface area contributed by atoms with E-state index in [2.05, 4.69) is 10.3 Å². The van der Waals surface area contributed by atoms with E-state index in [1.165, 1.54) is 10.9 Å². The largest absolute Gasteiger partial charge is 0.478 e. The summed E-state index contributed by atoms with van der Waals surface area (Å²) < 4.78 is 1.51. The number of nitrogens with zero attached hydrogens (tertiary/aromatic N) is 3. The van der Waals surface area contributed by atoms with Gasteiger partial charge in [-0.25, -0.2) is 4.79 Å². The SMILES string of the molecule is CC(C)(C)n1ncc(C(=O)O)c1CN=O. The highest BCUT2D eigenvalue weighted by Gasteiger charge is 2.23. The van der Waals surface area contributed by atoms with Crippen LogP contribution in [-0.4, -0.2) is 20.9 Å². The molecule has 0 aliphatic heterocycles. The maximum absolute atomic E-state index is 10.8. The van der Waals surface area contributed by atoms with Crippen LogP contribution in [0.15, 0.2) is 11.4 Å². The monoisotopic (exact) mass is 211 g/mol. The van der Waals surface area contributed by atoms with Crippen molar-refractivity contribution in [3.05, 3.63) is 22.4 Å². The second kappa shape index (κ2) is 3.80. The summed E-state index contributed by atoms with van der Waals surface area (Å²) in [4.78, 5) is 21.1. The van der Waals surface area contributed by atoms with Crippen molar-refractivity contribution in [2.45, 2.75) is 32.9 Å². The zero-order valence-electron chi connectivity index (χ0n) is 8.89. The average molecular weight is 211 g/mol. The van der Waals surface area contributed by atoms with Crippen LogP contribution < -0.4 is 0 Å². The molecular weight excluding hydrogens is 198 g/mol. The molecule has 82 valence electrons. The summed E-state index contributed by atoms with van der Waals surface area (Å²) in [5.41, 5.74) is 0.00259. The topological polar surface area (TPSA) is 84.6 Å². The molecule has 0 aliphatic rings. The predicted octanol–water partition coefficient (Wildman–Crippen LogP) is 1.60. The number of carbonyl (C=O) groups is 1. The van der Waals surface area contributed by atoms with Crippen molar-refractivity contribution in [2.24, 2.45) is 5.18 Å². The Morgan fingerprint density at radius 1 is 1.60 bits per heavy atom. The van der Waals surface area contributed by atoms with E-state index in [4.69, 9.17) is 5.11 Å². The number of hydrogen-bond donors (Lipinski definition) is 1. The molecule has 0 bridgehead atoms. The smallest absolute Gasteiger partial charge is 0.339 e. The highest BCUT2D eigenvalue weighted by atomic mass is 16.4. The summed E-state index contributed by atoms with van der Waals surface area (Å²) >= 11 is 0. The Bertz CT molecular complexity index is 390. The fourth-order valence-corrected chi connectivity index (χ4v) is 1.34. The van der Waals surface area contributed by atoms with Gasteiger partial charge in [0.05, 0.1) is 17.4 Å². The van der Waals surface area contributed by atoms with Gasteiger partial charge in [0.25, 0.3) is 0 Å². The molecule has 0 aromatic carbocycles. The third-order valence-electron chi connectivity index (χ3n) is 1.95. The summed E-state index contributed by atoms with van der Waals surface area (Å²) in [6.45, 7) is 5.44. The van der Waals surface area contributed by atoms with Crippen LogP contribution in [0.3, 0.4) is 0 Å². The normalized spacial score (nSPS) is 11.4. The highest BCUT2D eigenvalue weighted by Crippen LogP contribution is 2.19. The van der Waals surface area contributed by atoms with Crippen LogP contribution in [0.1, 0.15) is 36.8 Å². The first kappa shape index (κ1) is 11.4. The van der Waals surface area contributed by atoms with Gasteiger partial charge >= 0.3 is 5.97 Å². The van der Waals surface area contributed by atoms with Gasteiger partial charge in [0, 0.05) is 0 Å². The minimum atomic E-state index is -1.09. The lowest BCUT2D eigenvalue weighted by atomic mass is 10.1. The zero-order valence-corrected chi connectivity index (χ0v) is 8.89. The molecule has 0 amide bonds. The maximum atomic E-state index is 10.8. The fraction of sp³-hybridized carbons (Fsp3) is 0.556. The van der Waals surface area contributed by atoms with E-state index in [0.29, 0.717) is 5.69 Å². The molecule has 15 heavy (non-hydrogen) atoms. The van der Waals surface area contributed by atoms with Gasteiger partial charge in [-0.15, -0.1) is 0 Å². The molecule has 0 saturated heterocycles. The molecule has 0 spiro atoms. The molecule has 1 aromatic rings. The summed E-state index contributed by atoms with van der Waals surface area (Å²) in [5.74, 6) is -1.09. The van der Waals surface area contributed by atoms with Gasteiger partial charge < -0.3 is 5.11 Å². The van der Waals surface area contributed by atoms with Crippen molar-refractivity contribution in [1.29, 1.82) is 0 Å². The van der Waals surface area contributed by atoms with Crippen molar-refractivity contribution in [3.8, 4) is 0 Å². The van der Waals surface area contributed by atoms with Crippen molar-refractivity contribution < 1.29 is 9.90 Å². The quantitative estimate of drug-likeness (QED) is 0.769. The number of carboxylic acid groups (broad SMARTS) is 1. The van der Waals surface area contributed by atoms with Gasteiger partial charge in [-0.3, -0.25) is 4.68 Å². The first-order valence-electron chi connectivity index (χ1n) is 4.47. The second-order valence-electron chi connectivity index (χ2n) is 4.18. The Kier molecular flexibility index (Phi) is 2.88. The van der Waals surface area contributed by atoms with Gasteiger partial charge in [0.2, 0.25) is 0 Å². The molecule has 6 heteroatoms. The maximum Gasteiger partial charge on any atom is 0.339 e. The molecule has 0 atom stereocenters. The molecule has 6 nitrogen and oxygen atoms in total. The second-order valence-corrected chi connectivity index (χ2v) is 4.18. The first-order chi connectivity index (χ1) is 6.88. The number of nitroso groups, excluding NO2 is 1. The van der Waals surface area contributed by atoms with E-state index >= 15 is 0 Å². The third kappa shape index (κ3) is 2.20. The van der Waals surface area contributed by atoms with Gasteiger partial charge in [-0.2, -0.15) is 10.0 Å². The van der Waals surface area contributed by atoms with E-state index < -0.39 is 5.97 Å². The Balaban J connectivity index is 3.29. The van der Waals surface area contributed by atoms with E-state index in [0.717, 1.165) is 0 Å². The highest BCUT2D eigenvalue weighted by molar-refractivity contribution is 5.88. The number of hydrogen-bond acceptors (Lipinski definition) is 4. The zero-order chi connectivity index (χ0) is 11.6. The van der Waals surface area contributed by atoms with Crippen molar-refractivity contribution in [1.82, 2.24) is 9.78 Å². The molecule has 1 rings (SSSR count). The predicted molar refractivity (Wildman–Crippen MR) is 53.7 cm³/mol. The standard InChI is InChI=1S/C9H13N3O3/c1-9(2,3)12-7(5-11-15)6(4-10-12)8(13)14/h4H,5H2,1-3H3,(H,13,14). The van der Waals surface area contributed by atoms with Crippen molar-refractivity contribution in [2.75, 3.05) is 0 Å². The molecule has 0 radical (unpaired) electrons. The number of carboxylic acids is 1. The van der Waals surface area contributed by atoms with E-state index in [-0.39, 0.29) is 17.6 Å². The Morgan fingerprint density at radius 2 is 2.20 bits per heavy atom. The number of rotatable bonds is 3. The summed E-state index contributed by atoms with van der Waals surface area (Å²) in [6.07, 6.45) is 1.24. The summed E-state index contributed by atoms with van der Waals surface area (Å²) in [6, 6.07) is 0. The van der Waals surface area contributed by atoms with E-state index in [9.17, 15) is 9.70 Å². The third-order valence-corrected chi connectivity index (χ3v) is 1.95. The minimum absolute atomic E-state index is 0.0320. The van der Waals surface area contributed by atoms with E-state index in [1.54, 1.807) is 0 Å². The van der Waals surface area contributed by atoms with Crippen LogP contribution in [-0.2, 0) is 12.1 Å². The molecule has 1 aromatic heterocycles. The van der Waals surface area contributed by atoms with Gasteiger partial charge in [0.1, 0.15) is 12.1 Å². The molecule has 0 unspecified atom stereocenters. The van der Waals surface area contributed by atoms with Gasteiger partial charge in [-0.05, 0) is 20.8 Å². The fourth-order valence-electron chi connectivity index (χ4n) is 1.34. The van der Waals surface area contributed by atoms with Crippen LogP contribution in [0.2, 0.25) is 0 Å². The lowest BCUT2D eigenvalue weighted by molar-refractivity contribution is 0.0695. The molecular formula is C9H13N3O3. The lowest BCUT2D eigenvalue weighted by Crippen LogP contribution is -2.25. The first-order valence-corrected chi connectivity index (χ1v) is 4.47. The van der Waals surface area contributed by atoms with Crippen LogP contribution >= 0.6 is 0 Å². The molecule has 0 saturated carbocycles. The van der Waals surface area contributed by atoms with Crippen LogP contribution in [0.25, 0.3) is 0 Å². The van der Waals surface area contributed by atoms with Crippen LogP contribution in [0.4, 0.5) is 0 Å². The van der Waals surface area contributed by atoms with Gasteiger partial charge in [0.15, 0.2) is 0 Å². The van der Waals surface area contributed by atoms with Crippen LogP contribution in [0.5, 0.6) is 0 Å². The summed E-state index contributed by atoms with van der Waals surface area (Å²) in [5, 5.41) is 15.6. The Morgan fingerprint density at radius 3 is 2.60 bits per heavy atom. The van der Waals surface area contributed by atoms with Gasteiger partial charge in [-0.1, -0.05) is 5.18 Å². The number of aromatic carboxylic acids is 1. The average Bonchev–Trinajstić information content (AvgIpc) is 2.47. The Hall–Kier alpha value is -1.72. The molecule has 1 heterocycles.